The van der Waals surface area contributed by atoms with Gasteiger partial charge in [-0.25, -0.2) is 25.6 Å². The molecule has 0 atom stereocenters. The van der Waals surface area contributed by atoms with Gasteiger partial charge in [-0.15, -0.1) is 0 Å². The number of hydrogen-bond donors (Lipinski definition) is 2. The second-order valence-corrected chi connectivity index (χ2v) is 15.9. The monoisotopic (exact) mass is 818 g/mol. The predicted molar refractivity (Wildman–Crippen MR) is 194 cm³/mol. The molecule has 284 valence electrons. The fourth-order valence-corrected chi connectivity index (χ4v) is 6.50. The lowest BCUT2D eigenvalue weighted by molar-refractivity contribution is -0.131. The van der Waals surface area contributed by atoms with Crippen LogP contribution in [-0.2, 0) is 37.9 Å². The van der Waals surface area contributed by atoms with E-state index < -0.39 is 62.1 Å². The molecule has 0 aliphatic heterocycles. The van der Waals surface area contributed by atoms with Crippen molar-refractivity contribution in [1.82, 2.24) is 5.32 Å². The normalized spacial score (nSPS) is 11.4. The first-order valence-electron chi connectivity index (χ1n) is 15.1. The molecule has 3 N–H and O–H groups in total. The summed E-state index contributed by atoms with van der Waals surface area (Å²) in [5.74, 6) is -4.31. The Bertz CT molecular complexity index is 2180. The van der Waals surface area contributed by atoms with Crippen LogP contribution in [-0.4, -0.2) is 66.3 Å². The molecule has 0 fully saturated rings. The minimum atomic E-state index is -3.76. The van der Waals surface area contributed by atoms with Crippen molar-refractivity contribution in [3.05, 3.63) is 129 Å². The van der Waals surface area contributed by atoms with E-state index in [2.05, 4.69) is 0 Å². The van der Waals surface area contributed by atoms with E-state index in [9.17, 15) is 48.8 Å². The van der Waals surface area contributed by atoms with Crippen LogP contribution >= 0.6 is 23.2 Å². The van der Waals surface area contributed by atoms with Gasteiger partial charge in [0.1, 0.15) is 11.6 Å². The molecule has 0 radical (unpaired) electrons. The molecule has 0 aromatic heterocycles. The van der Waals surface area contributed by atoms with E-state index in [1.807, 2.05) is 0 Å². The Balaban J connectivity index is 0.000000290. The minimum absolute atomic E-state index is 0.0152. The van der Waals surface area contributed by atoms with Gasteiger partial charge in [0.05, 0.1) is 50.1 Å². The number of nitrogens with zero attached hydrogens (tertiary/aromatic N) is 2. The van der Waals surface area contributed by atoms with E-state index in [0.29, 0.717) is 15.7 Å². The lowest BCUT2D eigenvalue weighted by Gasteiger charge is -2.23. The number of rotatable bonds is 14. The summed E-state index contributed by atoms with van der Waals surface area (Å²) in [6.07, 6.45) is -1.27. The molecule has 0 heterocycles. The van der Waals surface area contributed by atoms with Gasteiger partial charge >= 0.3 is 6.43 Å². The smallest absolute Gasteiger partial charge is 0.315 e. The Labute approximate surface area is 313 Å². The van der Waals surface area contributed by atoms with Crippen LogP contribution in [0.15, 0.2) is 84.9 Å². The van der Waals surface area contributed by atoms with Gasteiger partial charge in [-0.2, -0.15) is 8.78 Å². The highest BCUT2D eigenvalue weighted by Crippen LogP contribution is 2.26. The largest absolute Gasteiger partial charge is 0.344 e. The zero-order valence-corrected chi connectivity index (χ0v) is 31.0. The van der Waals surface area contributed by atoms with Crippen LogP contribution in [0.4, 0.5) is 28.9 Å². The van der Waals surface area contributed by atoms with Gasteiger partial charge in [0.25, 0.3) is 5.91 Å². The van der Waals surface area contributed by atoms with Gasteiger partial charge in [0.2, 0.25) is 20.0 Å². The number of halogens is 6. The maximum atomic E-state index is 14.5. The molecule has 4 aromatic rings. The number of carbonyl (C=O) groups excluding carboxylic acids is 3. The van der Waals surface area contributed by atoms with Crippen molar-refractivity contribution in [3.8, 4) is 0 Å². The number of carbonyl (C=O) groups is 3. The van der Waals surface area contributed by atoms with Crippen LogP contribution in [0.25, 0.3) is 0 Å². The quantitative estimate of drug-likeness (QED) is 0.123. The highest BCUT2D eigenvalue weighted by atomic mass is 35.5. The zero-order chi connectivity index (χ0) is 39.7. The summed E-state index contributed by atoms with van der Waals surface area (Å²) in [4.78, 5) is 34.2. The van der Waals surface area contributed by atoms with E-state index in [0.717, 1.165) is 33.3 Å². The summed E-state index contributed by atoms with van der Waals surface area (Å²) in [5.41, 5.74) is 6.00. The second kappa shape index (κ2) is 18.5. The SMILES string of the molecule is CS(=O)(=O)N(Cc1ccc(C(=O)CN)cc1F)c1ccc(Cl)cc1.CS(=O)(=O)N(Cc1ccc(C(=O)CNC(=O)C(F)F)cc1F)c1ccc(Cl)cc1. The highest BCUT2D eigenvalue weighted by molar-refractivity contribution is 7.92. The predicted octanol–water partition coefficient (Wildman–Crippen LogP) is 5.60. The molecule has 4 aromatic carbocycles. The number of nitrogens with two attached hydrogens (primary N) is 1. The molecule has 0 unspecified atom stereocenters. The molecule has 0 saturated heterocycles. The maximum absolute atomic E-state index is 14.5. The Hall–Kier alpha value is -4.55. The number of alkyl halides is 2. The number of Topliss-reactive ketones (excluding diaryl/α,β-unsaturated/α-hetero) is 2. The van der Waals surface area contributed by atoms with Gasteiger partial charge in [0.15, 0.2) is 11.6 Å². The van der Waals surface area contributed by atoms with Gasteiger partial charge < -0.3 is 11.1 Å². The molecular formula is C34H32Cl2F4N4O7S2. The summed E-state index contributed by atoms with van der Waals surface area (Å²) in [5, 5.41) is 2.59. The molecule has 53 heavy (non-hydrogen) atoms. The summed E-state index contributed by atoms with van der Waals surface area (Å²) in [6, 6.07) is 19.2. The maximum Gasteiger partial charge on any atom is 0.315 e. The van der Waals surface area contributed by atoms with E-state index in [-0.39, 0.29) is 47.6 Å². The number of amides is 1. The summed E-state index contributed by atoms with van der Waals surface area (Å²) >= 11 is 11.6. The molecule has 0 saturated carbocycles. The van der Waals surface area contributed by atoms with E-state index in [1.165, 1.54) is 60.7 Å². The third-order valence-corrected chi connectivity index (χ3v) is 10.00. The van der Waals surface area contributed by atoms with Crippen molar-refractivity contribution in [2.75, 3.05) is 34.2 Å². The number of hydrogen-bond acceptors (Lipinski definition) is 8. The topological polar surface area (TPSA) is 164 Å². The lowest BCUT2D eigenvalue weighted by Crippen LogP contribution is -2.34. The van der Waals surface area contributed by atoms with Crippen molar-refractivity contribution < 1.29 is 48.8 Å². The number of ketones is 2. The van der Waals surface area contributed by atoms with Gasteiger partial charge in [-0.05, 0) is 60.7 Å². The first-order chi connectivity index (χ1) is 24.7. The van der Waals surface area contributed by atoms with Crippen molar-refractivity contribution in [1.29, 1.82) is 0 Å². The summed E-state index contributed by atoms with van der Waals surface area (Å²) in [7, 11) is -7.40. The molecule has 19 heteroatoms. The molecule has 1 amide bonds. The first-order valence-corrected chi connectivity index (χ1v) is 19.5. The molecule has 4 rings (SSSR count). The zero-order valence-electron chi connectivity index (χ0n) is 27.9. The van der Waals surface area contributed by atoms with Gasteiger partial charge in [-0.1, -0.05) is 47.5 Å². The molecule has 0 bridgehead atoms. The lowest BCUT2D eigenvalue weighted by atomic mass is 10.1. The van der Waals surface area contributed by atoms with Crippen molar-refractivity contribution in [2.45, 2.75) is 19.5 Å². The van der Waals surface area contributed by atoms with Crippen molar-refractivity contribution >= 4 is 72.1 Å². The van der Waals surface area contributed by atoms with Crippen LogP contribution in [0.1, 0.15) is 31.8 Å². The summed E-state index contributed by atoms with van der Waals surface area (Å²) in [6.45, 7) is -1.49. The number of benzene rings is 4. The van der Waals surface area contributed by atoms with E-state index in [4.69, 9.17) is 28.9 Å². The highest BCUT2D eigenvalue weighted by Gasteiger charge is 2.22. The standard InChI is InChI=1S/C18H16ClF3N2O4S.C16H16ClFN2O3S/c1-29(27,28)24(14-6-4-13(19)5-7-14)10-12-3-2-11(8-15(12)20)16(25)9-23-18(26)17(21)22;1-24(22,23)20(14-6-4-13(17)5-7-14)10-12-3-2-11(8-15(12)18)16(21)9-19/h2-8,17H,9-10H2,1H3,(H,23,26);2-8H,9-10,19H2,1H3. The fourth-order valence-electron chi connectivity index (χ4n) is 4.49. The Morgan fingerprint density at radius 3 is 1.38 bits per heavy atom. The van der Waals surface area contributed by atoms with Gasteiger partial charge in [0, 0.05) is 32.3 Å². The van der Waals surface area contributed by atoms with Crippen LogP contribution < -0.4 is 19.7 Å². The van der Waals surface area contributed by atoms with Crippen molar-refractivity contribution in [3.63, 3.8) is 0 Å². The average Bonchev–Trinajstić information content (AvgIpc) is 3.09. The van der Waals surface area contributed by atoms with Crippen LogP contribution in [0.2, 0.25) is 10.0 Å². The van der Waals surface area contributed by atoms with E-state index >= 15 is 0 Å². The van der Waals surface area contributed by atoms with Crippen LogP contribution in [0.3, 0.4) is 0 Å². The molecular weight excluding hydrogens is 787 g/mol. The molecule has 0 spiro atoms. The van der Waals surface area contributed by atoms with Crippen molar-refractivity contribution in [2.24, 2.45) is 5.73 Å². The van der Waals surface area contributed by atoms with E-state index in [1.54, 1.807) is 17.4 Å². The first kappa shape index (κ1) is 42.9. The fraction of sp³-hybridized carbons (Fsp3) is 0.206. The molecule has 11 nitrogen and oxygen atoms in total. The number of anilines is 2. The second-order valence-electron chi connectivity index (χ2n) is 11.2. The minimum Gasteiger partial charge on any atom is -0.344 e. The number of nitrogens with one attached hydrogen (secondary N) is 1. The Morgan fingerprint density at radius 1 is 0.679 bits per heavy atom. The molecule has 0 aliphatic rings. The Morgan fingerprint density at radius 2 is 1.06 bits per heavy atom. The van der Waals surface area contributed by atoms with Gasteiger partial charge in [-0.3, -0.25) is 23.0 Å². The Kier molecular flexibility index (Phi) is 14.9. The number of sulfonamides is 2. The van der Waals surface area contributed by atoms with Crippen LogP contribution in [0, 0.1) is 11.6 Å². The summed E-state index contributed by atoms with van der Waals surface area (Å²) < 4.78 is 103. The molecule has 0 aliphatic carbocycles. The average molecular weight is 820 g/mol. The van der Waals surface area contributed by atoms with Crippen LogP contribution in [0.5, 0.6) is 0 Å². The third kappa shape index (κ3) is 12.5. The third-order valence-electron chi connectivity index (χ3n) is 7.21.